The number of hydrogen-bond acceptors (Lipinski definition) is 4. The maximum Gasteiger partial charge on any atom is 0.243 e. The van der Waals surface area contributed by atoms with Gasteiger partial charge >= 0.3 is 0 Å². The lowest BCUT2D eigenvalue weighted by Gasteiger charge is -2.22. The largest absolute Gasteiger partial charge is 0.468 e. The predicted molar refractivity (Wildman–Crippen MR) is 110 cm³/mol. The molecule has 1 atom stereocenters. The van der Waals surface area contributed by atoms with E-state index < -0.39 is 10.0 Å². The zero-order valence-corrected chi connectivity index (χ0v) is 17.2. The van der Waals surface area contributed by atoms with Crippen LogP contribution in [0.2, 0.25) is 0 Å². The van der Waals surface area contributed by atoms with Crippen molar-refractivity contribution in [1.29, 1.82) is 0 Å². The van der Waals surface area contributed by atoms with E-state index in [0.717, 1.165) is 15.4 Å². The van der Waals surface area contributed by atoms with E-state index in [1.54, 1.807) is 36.4 Å². The highest BCUT2D eigenvalue weighted by molar-refractivity contribution is 7.89. The first-order valence-corrected chi connectivity index (χ1v) is 10.7. The molecule has 29 heavy (non-hydrogen) atoms. The summed E-state index contributed by atoms with van der Waals surface area (Å²) in [6.45, 7) is 3.40. The summed E-state index contributed by atoms with van der Waals surface area (Å²) in [5.41, 5.74) is 1.90. The first-order chi connectivity index (χ1) is 13.9. The Bertz CT molecular complexity index is 1030. The zero-order chi connectivity index (χ0) is 20.9. The maximum atomic E-state index is 13.2. The van der Waals surface area contributed by atoms with Gasteiger partial charge in [-0.05, 0) is 43.7 Å². The normalized spacial score (nSPS) is 12.7. The van der Waals surface area contributed by atoms with Gasteiger partial charge in [0.2, 0.25) is 15.9 Å². The topological polar surface area (TPSA) is 79.6 Å². The van der Waals surface area contributed by atoms with Gasteiger partial charge in [-0.1, -0.05) is 48.0 Å². The van der Waals surface area contributed by atoms with Crippen molar-refractivity contribution in [2.75, 3.05) is 6.54 Å². The molecule has 6 nitrogen and oxygen atoms in total. The highest BCUT2D eigenvalue weighted by atomic mass is 32.2. The number of nitrogens with one attached hydrogen (secondary N) is 1. The predicted octanol–water partition coefficient (Wildman–Crippen LogP) is 3.66. The number of carbonyl (C=O) groups excluding carboxylic acids is 1. The van der Waals surface area contributed by atoms with E-state index in [0.29, 0.717) is 5.76 Å². The summed E-state index contributed by atoms with van der Waals surface area (Å²) in [6.07, 6.45) is 1.48. The molecule has 0 spiro atoms. The molecule has 0 bridgehead atoms. The lowest BCUT2D eigenvalue weighted by Crippen LogP contribution is -2.41. The molecule has 0 saturated heterocycles. The fourth-order valence-corrected chi connectivity index (χ4v) is 4.30. The van der Waals surface area contributed by atoms with Crippen molar-refractivity contribution >= 4 is 15.9 Å². The summed E-state index contributed by atoms with van der Waals surface area (Å²) in [5, 5.41) is 2.86. The van der Waals surface area contributed by atoms with Gasteiger partial charge < -0.3 is 9.73 Å². The molecule has 1 N–H and O–H groups in total. The van der Waals surface area contributed by atoms with E-state index in [4.69, 9.17) is 4.42 Å². The number of furan rings is 1. The van der Waals surface area contributed by atoms with E-state index in [-0.39, 0.29) is 29.9 Å². The van der Waals surface area contributed by atoms with Crippen molar-refractivity contribution in [3.8, 4) is 0 Å². The average Bonchev–Trinajstić information content (AvgIpc) is 3.21. The number of hydrogen-bond donors (Lipinski definition) is 1. The van der Waals surface area contributed by atoms with Crippen molar-refractivity contribution in [1.82, 2.24) is 9.62 Å². The molecule has 0 aliphatic heterocycles. The first kappa shape index (κ1) is 20.8. The number of aryl methyl sites for hydroxylation is 1. The number of nitrogens with zero attached hydrogens (tertiary/aromatic N) is 1. The Labute approximate surface area is 171 Å². The number of amides is 1. The molecular weight excluding hydrogens is 388 g/mol. The minimum Gasteiger partial charge on any atom is -0.468 e. The molecule has 0 unspecified atom stereocenters. The van der Waals surface area contributed by atoms with Crippen LogP contribution in [0.15, 0.2) is 82.3 Å². The third-order valence-electron chi connectivity index (χ3n) is 4.57. The average molecular weight is 413 g/mol. The minimum absolute atomic E-state index is 0.0314. The van der Waals surface area contributed by atoms with Gasteiger partial charge in [-0.3, -0.25) is 4.79 Å². The third kappa shape index (κ3) is 5.34. The van der Waals surface area contributed by atoms with Crippen molar-refractivity contribution in [2.24, 2.45) is 0 Å². The van der Waals surface area contributed by atoms with Crippen molar-refractivity contribution in [2.45, 2.75) is 31.3 Å². The molecule has 0 radical (unpaired) electrons. The van der Waals surface area contributed by atoms with E-state index >= 15 is 0 Å². The van der Waals surface area contributed by atoms with E-state index in [9.17, 15) is 13.2 Å². The summed E-state index contributed by atoms with van der Waals surface area (Å²) in [7, 11) is -3.88. The smallest absolute Gasteiger partial charge is 0.243 e. The van der Waals surface area contributed by atoms with Gasteiger partial charge in [0, 0.05) is 0 Å². The lowest BCUT2D eigenvalue weighted by molar-refractivity contribution is -0.122. The second kappa shape index (κ2) is 9.07. The third-order valence-corrected chi connectivity index (χ3v) is 6.37. The molecule has 152 valence electrons. The molecule has 0 fully saturated rings. The Kier molecular flexibility index (Phi) is 6.51. The Morgan fingerprint density at radius 2 is 1.72 bits per heavy atom. The van der Waals surface area contributed by atoms with Gasteiger partial charge in [0.1, 0.15) is 5.76 Å². The van der Waals surface area contributed by atoms with Crippen LogP contribution in [-0.4, -0.2) is 25.2 Å². The minimum atomic E-state index is -3.88. The summed E-state index contributed by atoms with van der Waals surface area (Å²) in [6, 6.07) is 19.2. The fraction of sp³-hybridized carbons (Fsp3) is 0.227. The van der Waals surface area contributed by atoms with E-state index in [1.807, 2.05) is 44.2 Å². The zero-order valence-electron chi connectivity index (χ0n) is 16.4. The summed E-state index contributed by atoms with van der Waals surface area (Å²) in [5.74, 6) is 0.0770. The molecular formula is C22H24N2O4S. The van der Waals surface area contributed by atoms with Crippen LogP contribution in [-0.2, 0) is 21.4 Å². The first-order valence-electron chi connectivity index (χ1n) is 9.30. The lowest BCUT2D eigenvalue weighted by atomic mass is 10.1. The number of rotatable bonds is 8. The second-order valence-corrected chi connectivity index (χ2v) is 8.80. The molecule has 7 heteroatoms. The van der Waals surface area contributed by atoms with Crippen LogP contribution in [0.4, 0.5) is 0 Å². The van der Waals surface area contributed by atoms with Crippen LogP contribution >= 0.6 is 0 Å². The van der Waals surface area contributed by atoms with Crippen molar-refractivity contribution in [3.63, 3.8) is 0 Å². The van der Waals surface area contributed by atoms with E-state index in [2.05, 4.69) is 5.32 Å². The Morgan fingerprint density at radius 1 is 1.03 bits per heavy atom. The van der Waals surface area contributed by atoms with Crippen molar-refractivity contribution in [3.05, 3.63) is 89.9 Å². The number of benzene rings is 2. The quantitative estimate of drug-likeness (QED) is 0.612. The monoisotopic (exact) mass is 412 g/mol. The van der Waals surface area contributed by atoms with Crippen LogP contribution < -0.4 is 5.32 Å². The molecule has 3 rings (SSSR count). The van der Waals surface area contributed by atoms with Crippen LogP contribution in [0.5, 0.6) is 0 Å². The van der Waals surface area contributed by atoms with Gasteiger partial charge in [-0.25, -0.2) is 8.42 Å². The summed E-state index contributed by atoms with van der Waals surface area (Å²) >= 11 is 0. The Balaban J connectivity index is 1.80. The molecule has 0 aliphatic rings. The Morgan fingerprint density at radius 3 is 2.34 bits per heavy atom. The van der Waals surface area contributed by atoms with Crippen LogP contribution in [0.3, 0.4) is 0 Å². The summed E-state index contributed by atoms with van der Waals surface area (Å²) in [4.78, 5) is 12.8. The molecule has 0 aliphatic carbocycles. The van der Waals surface area contributed by atoms with Crippen LogP contribution in [0.25, 0.3) is 0 Å². The highest BCUT2D eigenvalue weighted by Gasteiger charge is 2.28. The van der Waals surface area contributed by atoms with Crippen molar-refractivity contribution < 1.29 is 17.6 Å². The number of carbonyl (C=O) groups is 1. The molecule has 1 amide bonds. The van der Waals surface area contributed by atoms with Gasteiger partial charge in [0.25, 0.3) is 0 Å². The standard InChI is InChI=1S/C22H24N2O4S/c1-17-10-12-21(13-11-17)29(26,27)24(15-20-9-6-14-28-20)16-22(25)23-18(2)19-7-4-3-5-8-19/h3-14,18H,15-16H2,1-2H3,(H,23,25)/t18-/m0/s1. The van der Waals surface area contributed by atoms with E-state index in [1.165, 1.54) is 6.26 Å². The SMILES string of the molecule is Cc1ccc(S(=O)(=O)N(CC(=O)N[C@@H](C)c2ccccc2)Cc2ccco2)cc1. The second-order valence-electron chi connectivity index (χ2n) is 6.87. The molecule has 1 heterocycles. The molecule has 2 aromatic carbocycles. The molecule has 1 aromatic heterocycles. The Hall–Kier alpha value is -2.90. The van der Waals surface area contributed by atoms with Gasteiger partial charge in [-0.15, -0.1) is 0 Å². The van der Waals surface area contributed by atoms with Gasteiger partial charge in [0.15, 0.2) is 0 Å². The maximum absolute atomic E-state index is 13.2. The molecule has 3 aromatic rings. The molecule has 0 saturated carbocycles. The summed E-state index contributed by atoms with van der Waals surface area (Å²) < 4.78 is 32.8. The van der Waals surface area contributed by atoms with Crippen LogP contribution in [0.1, 0.15) is 29.9 Å². The fourth-order valence-electron chi connectivity index (χ4n) is 2.93. The van der Waals surface area contributed by atoms with Gasteiger partial charge in [-0.2, -0.15) is 4.31 Å². The van der Waals surface area contributed by atoms with Gasteiger partial charge in [0.05, 0.1) is 30.3 Å². The highest BCUT2D eigenvalue weighted by Crippen LogP contribution is 2.19. The number of sulfonamides is 1. The van der Waals surface area contributed by atoms with Crippen LogP contribution in [0, 0.1) is 6.92 Å².